The van der Waals surface area contributed by atoms with Gasteiger partial charge in [0.2, 0.25) is 0 Å². The van der Waals surface area contributed by atoms with Crippen molar-refractivity contribution in [3.63, 3.8) is 0 Å². The van der Waals surface area contributed by atoms with Crippen molar-refractivity contribution in [2.45, 2.75) is 19.3 Å². The maximum Gasteiger partial charge on any atom is 0.290 e. The number of carboxylic acid groups (broad SMARTS) is 1. The number of carbonyl (C=O) groups is 2. The quantitative estimate of drug-likeness (QED) is 0.530. The van der Waals surface area contributed by atoms with Crippen LogP contribution < -0.4 is 0 Å². The van der Waals surface area contributed by atoms with Gasteiger partial charge in [0.15, 0.2) is 5.78 Å². The lowest BCUT2D eigenvalue weighted by Crippen LogP contribution is -2.47. The van der Waals surface area contributed by atoms with Gasteiger partial charge in [-0.1, -0.05) is 6.07 Å². The van der Waals surface area contributed by atoms with E-state index in [0.717, 1.165) is 28.6 Å². The Morgan fingerprint density at radius 2 is 2.07 bits per heavy atom. The van der Waals surface area contributed by atoms with Crippen LogP contribution >= 0.6 is 0 Å². The number of H-pyrrole nitrogens is 1. The van der Waals surface area contributed by atoms with Crippen molar-refractivity contribution in [3.8, 4) is 11.1 Å². The smallest absolute Gasteiger partial charge is 0.290 e. The lowest BCUT2D eigenvalue weighted by Gasteiger charge is -2.44. The molecule has 28 heavy (non-hydrogen) atoms. The van der Waals surface area contributed by atoms with Gasteiger partial charge in [-0.05, 0) is 61.5 Å². The SMILES string of the molecule is O=C(C[C@H]1CN2CCC1CC2)c1n[nH]c2cc(-c3ccoc3)ccc12.O=CO. The maximum absolute atomic E-state index is 12.9. The molecule has 2 N–H and O–H groups in total. The fraction of sp³-hybridized carbons (Fsp3) is 0.381. The molecule has 0 unspecified atom stereocenters. The van der Waals surface area contributed by atoms with Gasteiger partial charge >= 0.3 is 0 Å². The van der Waals surface area contributed by atoms with E-state index in [-0.39, 0.29) is 12.3 Å². The van der Waals surface area contributed by atoms with Crippen molar-refractivity contribution in [1.29, 1.82) is 0 Å². The highest BCUT2D eigenvalue weighted by molar-refractivity contribution is 6.06. The monoisotopic (exact) mass is 381 g/mol. The van der Waals surface area contributed by atoms with Crippen LogP contribution in [0, 0.1) is 11.8 Å². The molecular weight excluding hydrogens is 358 g/mol. The number of aromatic nitrogens is 2. The van der Waals surface area contributed by atoms with E-state index in [4.69, 9.17) is 14.3 Å². The van der Waals surface area contributed by atoms with Gasteiger partial charge in [0.1, 0.15) is 5.69 Å². The zero-order chi connectivity index (χ0) is 19.5. The summed E-state index contributed by atoms with van der Waals surface area (Å²) in [6, 6.07) is 7.97. The second-order valence-electron chi connectivity index (χ2n) is 7.48. The third kappa shape index (κ3) is 3.57. The van der Waals surface area contributed by atoms with Gasteiger partial charge in [0.25, 0.3) is 6.47 Å². The Morgan fingerprint density at radius 1 is 1.29 bits per heavy atom. The summed E-state index contributed by atoms with van der Waals surface area (Å²) < 4.78 is 5.15. The molecule has 2 bridgehead atoms. The number of nitrogens with one attached hydrogen (secondary N) is 1. The Kier molecular flexibility index (Phi) is 5.25. The Bertz CT molecular complexity index is 955. The molecule has 3 saturated heterocycles. The van der Waals surface area contributed by atoms with Crippen LogP contribution in [0.1, 0.15) is 29.8 Å². The second kappa shape index (κ2) is 7.98. The molecular formula is C21H23N3O4. The van der Waals surface area contributed by atoms with Crippen molar-refractivity contribution in [3.05, 3.63) is 42.5 Å². The normalized spacial score (nSPS) is 23.2. The van der Waals surface area contributed by atoms with Gasteiger partial charge in [-0.25, -0.2) is 0 Å². The first-order valence-electron chi connectivity index (χ1n) is 9.53. The largest absolute Gasteiger partial charge is 0.483 e. The molecule has 146 valence electrons. The van der Waals surface area contributed by atoms with E-state index >= 15 is 0 Å². The lowest BCUT2D eigenvalue weighted by molar-refractivity contribution is -0.122. The number of hydrogen-bond donors (Lipinski definition) is 2. The van der Waals surface area contributed by atoms with Crippen molar-refractivity contribution in [1.82, 2.24) is 15.1 Å². The number of aromatic amines is 1. The number of furan rings is 1. The molecule has 0 saturated carbocycles. The Labute approximate surface area is 162 Å². The van der Waals surface area contributed by atoms with E-state index in [0.29, 0.717) is 24.0 Å². The summed E-state index contributed by atoms with van der Waals surface area (Å²) in [7, 11) is 0. The predicted octanol–water partition coefficient (Wildman–Crippen LogP) is 3.44. The first kappa shape index (κ1) is 18.4. The van der Waals surface area contributed by atoms with E-state index in [9.17, 15) is 4.79 Å². The molecule has 0 radical (unpaired) electrons. The fourth-order valence-corrected chi connectivity index (χ4v) is 4.49. The van der Waals surface area contributed by atoms with Gasteiger partial charge in [0, 0.05) is 23.9 Å². The molecule has 0 spiro atoms. The van der Waals surface area contributed by atoms with Gasteiger partial charge in [-0.15, -0.1) is 0 Å². The average Bonchev–Trinajstić information content (AvgIpc) is 3.39. The van der Waals surface area contributed by atoms with E-state index < -0.39 is 0 Å². The van der Waals surface area contributed by atoms with Crippen LogP contribution in [0.25, 0.3) is 22.0 Å². The van der Waals surface area contributed by atoms with Gasteiger partial charge in [-0.3, -0.25) is 14.7 Å². The number of Topliss-reactive ketones (excluding diaryl/α,β-unsaturated/α-hetero) is 1. The molecule has 0 amide bonds. The minimum Gasteiger partial charge on any atom is -0.483 e. The first-order chi connectivity index (χ1) is 13.7. The standard InChI is InChI=1S/C20H21N3O2.CH2O2/c24-19(10-16-11-23-6-3-13(16)4-7-23)20-17-2-1-14(9-18(17)21-22-20)15-5-8-25-12-15;2-1-3/h1-2,5,8-9,12-13,16H,3-4,6-7,10-11H2,(H,21,22);1H,(H,2,3)/t16-;/m0./s1. The van der Waals surface area contributed by atoms with Crippen LogP contribution in [0.5, 0.6) is 0 Å². The van der Waals surface area contributed by atoms with Crippen LogP contribution in [-0.4, -0.2) is 52.1 Å². The van der Waals surface area contributed by atoms with Crippen LogP contribution in [-0.2, 0) is 4.79 Å². The number of piperidine rings is 3. The first-order valence-corrected chi connectivity index (χ1v) is 9.53. The van der Waals surface area contributed by atoms with E-state index in [1.807, 2.05) is 24.3 Å². The Morgan fingerprint density at radius 3 is 2.71 bits per heavy atom. The number of hydrogen-bond acceptors (Lipinski definition) is 5. The number of benzene rings is 1. The minimum absolute atomic E-state index is 0.168. The fourth-order valence-electron chi connectivity index (χ4n) is 4.49. The van der Waals surface area contributed by atoms with Crippen LogP contribution in [0.15, 0.2) is 41.2 Å². The van der Waals surface area contributed by atoms with Crippen molar-refractivity contribution < 1.29 is 19.1 Å². The molecule has 1 aromatic carbocycles. The maximum atomic E-state index is 12.9. The van der Waals surface area contributed by atoms with Gasteiger partial charge < -0.3 is 14.4 Å². The second-order valence-corrected chi connectivity index (χ2v) is 7.48. The molecule has 5 heterocycles. The highest BCUT2D eigenvalue weighted by Crippen LogP contribution is 2.35. The van der Waals surface area contributed by atoms with Crippen molar-refractivity contribution >= 4 is 23.2 Å². The molecule has 3 aliphatic rings. The van der Waals surface area contributed by atoms with Crippen molar-refractivity contribution in [2.75, 3.05) is 19.6 Å². The minimum atomic E-state index is -0.250. The van der Waals surface area contributed by atoms with E-state index in [1.165, 1.54) is 25.9 Å². The zero-order valence-corrected chi connectivity index (χ0v) is 15.5. The summed E-state index contributed by atoms with van der Waals surface area (Å²) in [4.78, 5) is 23.7. The molecule has 3 fully saturated rings. The number of fused-ring (bicyclic) bond motifs is 4. The Hall–Kier alpha value is -2.93. The summed E-state index contributed by atoms with van der Waals surface area (Å²) in [5, 5.41) is 15.2. The highest BCUT2D eigenvalue weighted by Gasteiger charge is 2.35. The summed E-state index contributed by atoms with van der Waals surface area (Å²) in [6.45, 7) is 3.23. The van der Waals surface area contributed by atoms with Gasteiger partial charge in [0.05, 0.1) is 18.0 Å². The van der Waals surface area contributed by atoms with Crippen LogP contribution in [0.4, 0.5) is 0 Å². The number of rotatable bonds is 4. The third-order valence-electron chi connectivity index (χ3n) is 5.92. The number of ketones is 1. The summed E-state index contributed by atoms with van der Waals surface area (Å²) >= 11 is 0. The highest BCUT2D eigenvalue weighted by atomic mass is 16.3. The number of carbonyl (C=O) groups excluding carboxylic acids is 1. The average molecular weight is 381 g/mol. The van der Waals surface area contributed by atoms with E-state index in [1.54, 1.807) is 12.5 Å². The summed E-state index contributed by atoms with van der Waals surface area (Å²) in [5.41, 5.74) is 3.57. The number of nitrogens with zero attached hydrogens (tertiary/aromatic N) is 2. The molecule has 7 nitrogen and oxygen atoms in total. The van der Waals surface area contributed by atoms with Crippen LogP contribution in [0.2, 0.25) is 0 Å². The third-order valence-corrected chi connectivity index (χ3v) is 5.92. The molecule has 0 aliphatic carbocycles. The summed E-state index contributed by atoms with van der Waals surface area (Å²) in [5.74, 6) is 1.37. The molecule has 2 aromatic heterocycles. The van der Waals surface area contributed by atoms with E-state index in [2.05, 4.69) is 15.1 Å². The van der Waals surface area contributed by atoms with Gasteiger partial charge in [-0.2, -0.15) is 5.10 Å². The van der Waals surface area contributed by atoms with Crippen molar-refractivity contribution in [2.24, 2.45) is 11.8 Å². The topological polar surface area (TPSA) is 99.4 Å². The summed E-state index contributed by atoms with van der Waals surface area (Å²) in [6.07, 6.45) is 6.48. The molecule has 1 atom stereocenters. The molecule has 3 aromatic rings. The zero-order valence-electron chi connectivity index (χ0n) is 15.5. The van der Waals surface area contributed by atoms with Crippen LogP contribution in [0.3, 0.4) is 0 Å². The molecule has 7 heteroatoms. The Balaban J connectivity index is 0.000000604. The molecule has 6 rings (SSSR count). The predicted molar refractivity (Wildman–Crippen MR) is 104 cm³/mol. The lowest BCUT2D eigenvalue weighted by atomic mass is 9.76. The molecule has 3 aliphatic heterocycles.